The number of hydrogen-bond acceptors (Lipinski definition) is 3. The third-order valence-electron chi connectivity index (χ3n) is 2.44. The maximum Gasteiger partial charge on any atom is 0.167 e. The Hall–Kier alpha value is -1.09. The van der Waals surface area contributed by atoms with Gasteiger partial charge in [-0.2, -0.15) is 0 Å². The van der Waals surface area contributed by atoms with Crippen LogP contribution in [0.2, 0.25) is 0 Å². The SMILES string of the molecule is O=C(CC1CCCN1)c1ccoc1. The van der Waals surface area contributed by atoms with E-state index in [1.165, 1.54) is 18.9 Å². The number of rotatable bonds is 3. The van der Waals surface area contributed by atoms with Crippen molar-refractivity contribution >= 4 is 5.78 Å². The van der Waals surface area contributed by atoms with E-state index in [0.29, 0.717) is 18.0 Å². The van der Waals surface area contributed by atoms with Crippen LogP contribution >= 0.6 is 0 Å². The Morgan fingerprint density at radius 2 is 2.62 bits per heavy atom. The van der Waals surface area contributed by atoms with Crippen molar-refractivity contribution in [2.45, 2.75) is 25.3 Å². The minimum absolute atomic E-state index is 0.174. The number of Topliss-reactive ketones (excluding diaryl/α,β-unsaturated/α-hetero) is 1. The lowest BCUT2D eigenvalue weighted by Crippen LogP contribution is -2.24. The topological polar surface area (TPSA) is 42.2 Å². The number of furan rings is 1. The van der Waals surface area contributed by atoms with Crippen LogP contribution in [0, 0.1) is 0 Å². The summed E-state index contributed by atoms with van der Waals surface area (Å²) >= 11 is 0. The maximum absolute atomic E-state index is 11.6. The molecule has 0 radical (unpaired) electrons. The molecule has 1 fully saturated rings. The molecule has 1 atom stereocenters. The molecule has 0 amide bonds. The zero-order valence-electron chi connectivity index (χ0n) is 7.45. The van der Waals surface area contributed by atoms with Gasteiger partial charge in [0.05, 0.1) is 11.8 Å². The molecule has 1 saturated heterocycles. The third-order valence-corrected chi connectivity index (χ3v) is 2.44. The summed E-state index contributed by atoms with van der Waals surface area (Å²) in [5.74, 6) is 0.174. The normalized spacial score (nSPS) is 22.0. The molecule has 2 heterocycles. The van der Waals surface area contributed by atoms with Crippen LogP contribution in [-0.2, 0) is 0 Å². The average Bonchev–Trinajstić information content (AvgIpc) is 2.74. The van der Waals surface area contributed by atoms with E-state index in [4.69, 9.17) is 4.42 Å². The van der Waals surface area contributed by atoms with Gasteiger partial charge in [-0.15, -0.1) is 0 Å². The molecule has 1 unspecified atom stereocenters. The fraction of sp³-hybridized carbons (Fsp3) is 0.500. The molecule has 1 aromatic rings. The molecule has 0 bridgehead atoms. The fourth-order valence-electron chi connectivity index (χ4n) is 1.70. The van der Waals surface area contributed by atoms with Gasteiger partial charge in [0.1, 0.15) is 6.26 Å². The van der Waals surface area contributed by atoms with Crippen molar-refractivity contribution in [2.24, 2.45) is 0 Å². The van der Waals surface area contributed by atoms with Crippen LogP contribution in [0.3, 0.4) is 0 Å². The fourth-order valence-corrected chi connectivity index (χ4v) is 1.70. The summed E-state index contributed by atoms with van der Waals surface area (Å²) < 4.78 is 4.86. The number of nitrogens with one attached hydrogen (secondary N) is 1. The van der Waals surface area contributed by atoms with Gasteiger partial charge >= 0.3 is 0 Å². The van der Waals surface area contributed by atoms with Crippen LogP contribution in [0.15, 0.2) is 23.0 Å². The molecule has 13 heavy (non-hydrogen) atoms. The second kappa shape index (κ2) is 3.75. The molecule has 0 saturated carbocycles. The predicted molar refractivity (Wildman–Crippen MR) is 48.7 cm³/mol. The molecule has 2 rings (SSSR count). The van der Waals surface area contributed by atoms with Crippen molar-refractivity contribution in [1.29, 1.82) is 0 Å². The van der Waals surface area contributed by atoms with Crippen molar-refractivity contribution < 1.29 is 9.21 Å². The lowest BCUT2D eigenvalue weighted by Gasteiger charge is -2.06. The number of carbonyl (C=O) groups is 1. The van der Waals surface area contributed by atoms with E-state index in [9.17, 15) is 4.79 Å². The molecule has 1 aliphatic rings. The van der Waals surface area contributed by atoms with Gasteiger partial charge in [0, 0.05) is 12.5 Å². The Morgan fingerprint density at radius 1 is 1.69 bits per heavy atom. The zero-order valence-corrected chi connectivity index (χ0v) is 7.45. The van der Waals surface area contributed by atoms with E-state index in [1.54, 1.807) is 6.07 Å². The van der Waals surface area contributed by atoms with E-state index in [1.807, 2.05) is 0 Å². The summed E-state index contributed by atoms with van der Waals surface area (Å²) in [4.78, 5) is 11.6. The van der Waals surface area contributed by atoms with Crippen molar-refractivity contribution in [1.82, 2.24) is 5.32 Å². The van der Waals surface area contributed by atoms with Crippen LogP contribution in [0.5, 0.6) is 0 Å². The minimum Gasteiger partial charge on any atom is -0.472 e. The largest absolute Gasteiger partial charge is 0.472 e. The van der Waals surface area contributed by atoms with E-state index in [0.717, 1.165) is 13.0 Å². The number of ketones is 1. The summed E-state index contributed by atoms with van der Waals surface area (Å²) in [5, 5.41) is 3.30. The van der Waals surface area contributed by atoms with Gasteiger partial charge < -0.3 is 9.73 Å². The van der Waals surface area contributed by atoms with E-state index >= 15 is 0 Å². The highest BCUT2D eigenvalue weighted by molar-refractivity contribution is 5.96. The summed E-state index contributed by atoms with van der Waals surface area (Å²) in [6.07, 6.45) is 5.94. The molecule has 3 heteroatoms. The maximum atomic E-state index is 11.6. The van der Waals surface area contributed by atoms with Crippen molar-refractivity contribution in [3.8, 4) is 0 Å². The third kappa shape index (κ3) is 1.98. The quantitative estimate of drug-likeness (QED) is 0.717. The molecule has 70 valence electrons. The van der Waals surface area contributed by atoms with Crippen molar-refractivity contribution in [3.05, 3.63) is 24.2 Å². The first kappa shape index (κ1) is 8.51. The first-order chi connectivity index (χ1) is 6.36. The standard InChI is InChI=1S/C10H13NO2/c12-10(8-3-5-13-7-8)6-9-2-1-4-11-9/h3,5,7,9,11H,1-2,4,6H2. The van der Waals surface area contributed by atoms with E-state index in [-0.39, 0.29) is 5.78 Å². The number of hydrogen-bond donors (Lipinski definition) is 1. The minimum atomic E-state index is 0.174. The molecule has 1 aliphatic heterocycles. The second-order valence-corrected chi connectivity index (χ2v) is 3.43. The van der Waals surface area contributed by atoms with Gasteiger partial charge in [-0.25, -0.2) is 0 Å². The van der Waals surface area contributed by atoms with Gasteiger partial charge in [-0.1, -0.05) is 0 Å². The smallest absolute Gasteiger partial charge is 0.167 e. The molecular weight excluding hydrogens is 166 g/mol. The van der Waals surface area contributed by atoms with Gasteiger partial charge in [0.25, 0.3) is 0 Å². The Kier molecular flexibility index (Phi) is 2.45. The molecule has 0 aliphatic carbocycles. The van der Waals surface area contributed by atoms with Crippen LogP contribution in [0.25, 0.3) is 0 Å². The average molecular weight is 179 g/mol. The van der Waals surface area contributed by atoms with Gasteiger partial charge in [0.2, 0.25) is 0 Å². The summed E-state index contributed by atoms with van der Waals surface area (Å²) in [6, 6.07) is 2.10. The zero-order chi connectivity index (χ0) is 9.10. The lowest BCUT2D eigenvalue weighted by atomic mass is 10.1. The molecule has 1 N–H and O–H groups in total. The summed E-state index contributed by atoms with van der Waals surface area (Å²) in [7, 11) is 0. The van der Waals surface area contributed by atoms with Crippen molar-refractivity contribution in [2.75, 3.05) is 6.54 Å². The van der Waals surface area contributed by atoms with Crippen LogP contribution in [-0.4, -0.2) is 18.4 Å². The van der Waals surface area contributed by atoms with E-state index in [2.05, 4.69) is 5.32 Å². The Labute approximate surface area is 77.1 Å². The molecular formula is C10H13NO2. The monoisotopic (exact) mass is 179 g/mol. The molecule has 0 aromatic carbocycles. The Morgan fingerprint density at radius 3 is 3.23 bits per heavy atom. The Balaban J connectivity index is 1.91. The van der Waals surface area contributed by atoms with Crippen molar-refractivity contribution in [3.63, 3.8) is 0 Å². The number of carbonyl (C=O) groups excluding carboxylic acids is 1. The Bertz CT molecular complexity index is 273. The molecule has 0 spiro atoms. The van der Waals surface area contributed by atoms with E-state index < -0.39 is 0 Å². The highest BCUT2D eigenvalue weighted by Crippen LogP contribution is 2.12. The molecule has 3 nitrogen and oxygen atoms in total. The van der Waals surface area contributed by atoms with Gasteiger partial charge in [-0.3, -0.25) is 4.79 Å². The lowest BCUT2D eigenvalue weighted by molar-refractivity contribution is 0.0971. The molecule has 1 aromatic heterocycles. The highest BCUT2D eigenvalue weighted by atomic mass is 16.3. The first-order valence-corrected chi connectivity index (χ1v) is 4.65. The van der Waals surface area contributed by atoms with Gasteiger partial charge in [-0.05, 0) is 25.5 Å². The first-order valence-electron chi connectivity index (χ1n) is 4.65. The van der Waals surface area contributed by atoms with Crippen LogP contribution in [0.4, 0.5) is 0 Å². The van der Waals surface area contributed by atoms with Crippen LogP contribution < -0.4 is 5.32 Å². The predicted octanol–water partition coefficient (Wildman–Crippen LogP) is 1.60. The second-order valence-electron chi connectivity index (χ2n) is 3.43. The summed E-state index contributed by atoms with van der Waals surface area (Å²) in [5.41, 5.74) is 0.689. The summed E-state index contributed by atoms with van der Waals surface area (Å²) in [6.45, 7) is 1.04. The van der Waals surface area contributed by atoms with Crippen LogP contribution in [0.1, 0.15) is 29.6 Å². The highest BCUT2D eigenvalue weighted by Gasteiger charge is 2.18. The van der Waals surface area contributed by atoms with Gasteiger partial charge in [0.15, 0.2) is 5.78 Å².